The highest BCUT2D eigenvalue weighted by Gasteiger charge is 2.17. The van der Waals surface area contributed by atoms with Crippen LogP contribution >= 0.6 is 11.6 Å². The van der Waals surface area contributed by atoms with E-state index in [4.69, 9.17) is 16.7 Å². The predicted molar refractivity (Wildman–Crippen MR) is 69.2 cm³/mol. The van der Waals surface area contributed by atoms with E-state index in [1.807, 2.05) is 26.0 Å². The Hall–Kier alpha value is -1.06. The SMILES string of the molecule is CC(C)C[C@@H](NCc1ccc(Cl)cc1)C(=O)O. The number of rotatable bonds is 6. The van der Waals surface area contributed by atoms with Gasteiger partial charge in [0.2, 0.25) is 0 Å². The number of hydrogen-bond donors (Lipinski definition) is 2. The summed E-state index contributed by atoms with van der Waals surface area (Å²) in [7, 11) is 0. The van der Waals surface area contributed by atoms with Gasteiger partial charge in [-0.1, -0.05) is 37.6 Å². The molecule has 3 nitrogen and oxygen atoms in total. The van der Waals surface area contributed by atoms with Crippen LogP contribution in [0.2, 0.25) is 5.02 Å². The van der Waals surface area contributed by atoms with Gasteiger partial charge in [-0.25, -0.2) is 0 Å². The zero-order valence-electron chi connectivity index (χ0n) is 10.1. The molecular formula is C13H18ClNO2. The van der Waals surface area contributed by atoms with Crippen LogP contribution in [0, 0.1) is 5.92 Å². The Morgan fingerprint density at radius 1 is 1.35 bits per heavy atom. The number of carboxylic acid groups (broad SMARTS) is 1. The summed E-state index contributed by atoms with van der Waals surface area (Å²) in [5.74, 6) is -0.443. The smallest absolute Gasteiger partial charge is 0.320 e. The van der Waals surface area contributed by atoms with Gasteiger partial charge in [-0.2, -0.15) is 0 Å². The Morgan fingerprint density at radius 2 is 1.94 bits per heavy atom. The molecule has 0 aromatic heterocycles. The number of carbonyl (C=O) groups is 1. The molecule has 0 bridgehead atoms. The van der Waals surface area contributed by atoms with Gasteiger partial charge in [0.1, 0.15) is 6.04 Å². The number of benzene rings is 1. The number of nitrogens with one attached hydrogen (secondary N) is 1. The zero-order chi connectivity index (χ0) is 12.8. The van der Waals surface area contributed by atoms with Gasteiger partial charge < -0.3 is 10.4 Å². The lowest BCUT2D eigenvalue weighted by Crippen LogP contribution is -2.37. The molecule has 0 spiro atoms. The summed E-state index contributed by atoms with van der Waals surface area (Å²) in [6.45, 7) is 4.57. The second-order valence-corrected chi connectivity index (χ2v) is 4.96. The van der Waals surface area contributed by atoms with Crippen LogP contribution in [-0.2, 0) is 11.3 Å². The van der Waals surface area contributed by atoms with E-state index < -0.39 is 12.0 Å². The molecule has 0 aliphatic carbocycles. The van der Waals surface area contributed by atoms with E-state index in [1.54, 1.807) is 12.1 Å². The van der Waals surface area contributed by atoms with Gasteiger partial charge in [-0.3, -0.25) is 4.79 Å². The largest absolute Gasteiger partial charge is 0.480 e. The number of hydrogen-bond acceptors (Lipinski definition) is 2. The number of carboxylic acids is 1. The maximum Gasteiger partial charge on any atom is 0.320 e. The van der Waals surface area contributed by atoms with Crippen molar-refractivity contribution in [1.29, 1.82) is 0 Å². The molecule has 0 saturated heterocycles. The summed E-state index contributed by atoms with van der Waals surface area (Å²) < 4.78 is 0. The Bertz CT molecular complexity index is 362. The molecule has 0 aliphatic rings. The highest BCUT2D eigenvalue weighted by molar-refractivity contribution is 6.30. The van der Waals surface area contributed by atoms with Crippen molar-refractivity contribution in [2.24, 2.45) is 5.92 Å². The van der Waals surface area contributed by atoms with Crippen molar-refractivity contribution in [3.63, 3.8) is 0 Å². The van der Waals surface area contributed by atoms with Crippen molar-refractivity contribution in [1.82, 2.24) is 5.32 Å². The topological polar surface area (TPSA) is 49.3 Å². The third kappa shape index (κ3) is 5.20. The van der Waals surface area contributed by atoms with Crippen LogP contribution in [0.25, 0.3) is 0 Å². The minimum Gasteiger partial charge on any atom is -0.480 e. The highest BCUT2D eigenvalue weighted by atomic mass is 35.5. The Kier molecular flexibility index (Phi) is 5.45. The summed E-state index contributed by atoms with van der Waals surface area (Å²) >= 11 is 5.78. The highest BCUT2D eigenvalue weighted by Crippen LogP contribution is 2.10. The van der Waals surface area contributed by atoms with Gasteiger partial charge in [0.25, 0.3) is 0 Å². The average Bonchev–Trinajstić information content (AvgIpc) is 2.25. The van der Waals surface area contributed by atoms with Gasteiger partial charge in [0.05, 0.1) is 0 Å². The van der Waals surface area contributed by atoms with Crippen molar-refractivity contribution in [3.8, 4) is 0 Å². The van der Waals surface area contributed by atoms with E-state index >= 15 is 0 Å². The maximum absolute atomic E-state index is 11.0. The van der Waals surface area contributed by atoms with E-state index in [-0.39, 0.29) is 0 Å². The third-order valence-corrected chi connectivity index (χ3v) is 2.72. The molecule has 0 heterocycles. The molecule has 94 valence electrons. The molecule has 0 aliphatic heterocycles. The van der Waals surface area contributed by atoms with Gasteiger partial charge >= 0.3 is 5.97 Å². The first-order valence-electron chi connectivity index (χ1n) is 5.69. The average molecular weight is 256 g/mol. The maximum atomic E-state index is 11.0. The normalized spacial score (nSPS) is 12.7. The minimum absolute atomic E-state index is 0.355. The Balaban J connectivity index is 2.51. The first kappa shape index (κ1) is 14.0. The summed E-state index contributed by atoms with van der Waals surface area (Å²) in [4.78, 5) is 11.0. The first-order chi connectivity index (χ1) is 7.99. The third-order valence-electron chi connectivity index (χ3n) is 2.47. The van der Waals surface area contributed by atoms with E-state index in [1.165, 1.54) is 0 Å². The van der Waals surface area contributed by atoms with Crippen LogP contribution in [0.3, 0.4) is 0 Å². The number of halogens is 1. The Labute approximate surface area is 107 Å². The van der Waals surface area contributed by atoms with Gasteiger partial charge in [-0.05, 0) is 30.0 Å². The van der Waals surface area contributed by atoms with E-state index in [0.717, 1.165) is 5.56 Å². The summed E-state index contributed by atoms with van der Waals surface area (Å²) in [5, 5.41) is 12.8. The molecule has 1 rings (SSSR count). The lowest BCUT2D eigenvalue weighted by molar-refractivity contribution is -0.140. The molecule has 0 unspecified atom stereocenters. The van der Waals surface area contributed by atoms with Crippen LogP contribution in [0.5, 0.6) is 0 Å². The lowest BCUT2D eigenvalue weighted by atomic mass is 10.0. The molecular weight excluding hydrogens is 238 g/mol. The molecule has 0 amide bonds. The fourth-order valence-electron chi connectivity index (χ4n) is 1.59. The van der Waals surface area contributed by atoms with Gasteiger partial charge in [0, 0.05) is 11.6 Å². The van der Waals surface area contributed by atoms with E-state index in [0.29, 0.717) is 23.9 Å². The molecule has 1 atom stereocenters. The van der Waals surface area contributed by atoms with E-state index in [9.17, 15) is 4.79 Å². The van der Waals surface area contributed by atoms with Crippen molar-refractivity contribution in [3.05, 3.63) is 34.9 Å². The summed E-state index contributed by atoms with van der Waals surface area (Å²) in [6.07, 6.45) is 0.628. The fraction of sp³-hybridized carbons (Fsp3) is 0.462. The molecule has 0 radical (unpaired) electrons. The van der Waals surface area contributed by atoms with Crippen molar-refractivity contribution in [2.75, 3.05) is 0 Å². The second-order valence-electron chi connectivity index (χ2n) is 4.53. The molecule has 4 heteroatoms. The second kappa shape index (κ2) is 6.62. The van der Waals surface area contributed by atoms with E-state index in [2.05, 4.69) is 5.32 Å². The molecule has 0 fully saturated rings. The predicted octanol–water partition coefficient (Wildman–Crippen LogP) is 2.93. The van der Waals surface area contributed by atoms with Crippen LogP contribution in [0.15, 0.2) is 24.3 Å². The molecule has 17 heavy (non-hydrogen) atoms. The van der Waals surface area contributed by atoms with Crippen LogP contribution in [0.1, 0.15) is 25.8 Å². The van der Waals surface area contributed by atoms with Crippen molar-refractivity contribution < 1.29 is 9.90 Å². The monoisotopic (exact) mass is 255 g/mol. The summed E-state index contributed by atoms with van der Waals surface area (Å²) in [6, 6.07) is 6.89. The first-order valence-corrected chi connectivity index (χ1v) is 6.07. The quantitative estimate of drug-likeness (QED) is 0.822. The zero-order valence-corrected chi connectivity index (χ0v) is 10.9. The molecule has 1 aromatic carbocycles. The van der Waals surface area contributed by atoms with Crippen LogP contribution in [-0.4, -0.2) is 17.1 Å². The number of aliphatic carboxylic acids is 1. The molecule has 1 aromatic rings. The lowest BCUT2D eigenvalue weighted by Gasteiger charge is -2.16. The molecule has 0 saturated carbocycles. The van der Waals surface area contributed by atoms with Crippen molar-refractivity contribution >= 4 is 17.6 Å². The van der Waals surface area contributed by atoms with Gasteiger partial charge in [0.15, 0.2) is 0 Å². The van der Waals surface area contributed by atoms with Crippen molar-refractivity contribution in [2.45, 2.75) is 32.9 Å². The molecule has 2 N–H and O–H groups in total. The Morgan fingerprint density at radius 3 is 2.41 bits per heavy atom. The van der Waals surface area contributed by atoms with Crippen LogP contribution < -0.4 is 5.32 Å². The fourth-order valence-corrected chi connectivity index (χ4v) is 1.71. The minimum atomic E-state index is -0.798. The van der Waals surface area contributed by atoms with Gasteiger partial charge in [-0.15, -0.1) is 0 Å². The standard InChI is InChI=1S/C13H18ClNO2/c1-9(2)7-12(13(16)17)15-8-10-3-5-11(14)6-4-10/h3-6,9,12,15H,7-8H2,1-2H3,(H,16,17)/t12-/m1/s1. The summed E-state index contributed by atoms with van der Waals surface area (Å²) in [5.41, 5.74) is 1.03. The van der Waals surface area contributed by atoms with Crippen LogP contribution in [0.4, 0.5) is 0 Å².